The standard InChI is InChI=1S/C31H37Cl2N3O5S/c1-6-22(4)34-31(38)29(7-2)35(19-23-10-11-24(32)18-28(23)33)30(37)20-36(25-12-8-21(3)9-13-25)42(39,40)27-16-14-26(41-5)15-17-27/h8-18,22,29H,6-7,19-20H2,1-5H3,(H,34,38)/t22-,29+/m1/s1. The van der Waals surface area contributed by atoms with Gasteiger partial charge in [0.15, 0.2) is 0 Å². The molecule has 2 atom stereocenters. The zero-order chi connectivity index (χ0) is 31.0. The molecule has 0 aliphatic carbocycles. The molecule has 0 aliphatic heterocycles. The number of nitrogens with zero attached hydrogens (tertiary/aromatic N) is 2. The van der Waals surface area contributed by atoms with Gasteiger partial charge in [-0.15, -0.1) is 0 Å². The second-order valence-electron chi connectivity index (χ2n) is 10.0. The molecule has 0 radical (unpaired) electrons. The smallest absolute Gasteiger partial charge is 0.264 e. The number of amides is 2. The number of carbonyl (C=O) groups excluding carboxylic acids is 2. The van der Waals surface area contributed by atoms with Crippen LogP contribution in [-0.2, 0) is 26.2 Å². The van der Waals surface area contributed by atoms with Crippen LogP contribution < -0.4 is 14.4 Å². The number of benzene rings is 3. The fourth-order valence-electron chi connectivity index (χ4n) is 4.31. The van der Waals surface area contributed by atoms with E-state index in [1.807, 2.05) is 20.8 Å². The third-order valence-corrected chi connectivity index (χ3v) is 9.37. The lowest BCUT2D eigenvalue weighted by Gasteiger charge is -2.34. The van der Waals surface area contributed by atoms with Crippen molar-refractivity contribution in [1.29, 1.82) is 0 Å². The Labute approximate surface area is 258 Å². The maximum absolute atomic E-state index is 14.2. The third kappa shape index (κ3) is 8.18. The number of nitrogens with one attached hydrogen (secondary N) is 1. The monoisotopic (exact) mass is 633 g/mol. The van der Waals surface area contributed by atoms with Crippen molar-refractivity contribution in [2.45, 2.75) is 64.1 Å². The van der Waals surface area contributed by atoms with Crippen LogP contribution in [0.2, 0.25) is 10.0 Å². The van der Waals surface area contributed by atoms with Crippen molar-refractivity contribution >= 4 is 50.7 Å². The van der Waals surface area contributed by atoms with E-state index in [2.05, 4.69) is 5.32 Å². The number of hydrogen-bond donors (Lipinski definition) is 1. The highest BCUT2D eigenvalue weighted by molar-refractivity contribution is 7.92. The molecule has 8 nitrogen and oxygen atoms in total. The van der Waals surface area contributed by atoms with Crippen LogP contribution in [0.3, 0.4) is 0 Å². The first-order chi connectivity index (χ1) is 19.9. The molecule has 226 valence electrons. The summed E-state index contributed by atoms with van der Waals surface area (Å²) in [5.41, 5.74) is 1.81. The van der Waals surface area contributed by atoms with E-state index >= 15 is 0 Å². The number of halogens is 2. The second-order valence-corrected chi connectivity index (χ2v) is 12.7. The molecule has 3 aromatic rings. The van der Waals surface area contributed by atoms with E-state index in [9.17, 15) is 18.0 Å². The lowest BCUT2D eigenvalue weighted by Crippen LogP contribution is -2.53. The van der Waals surface area contributed by atoms with E-state index in [1.54, 1.807) is 61.5 Å². The molecule has 11 heteroatoms. The van der Waals surface area contributed by atoms with Gasteiger partial charge in [0.2, 0.25) is 11.8 Å². The highest BCUT2D eigenvalue weighted by Crippen LogP contribution is 2.28. The van der Waals surface area contributed by atoms with Crippen LogP contribution in [0.1, 0.15) is 44.7 Å². The molecule has 42 heavy (non-hydrogen) atoms. The van der Waals surface area contributed by atoms with Crippen LogP contribution in [-0.4, -0.2) is 50.9 Å². The van der Waals surface area contributed by atoms with Crippen LogP contribution in [0.25, 0.3) is 0 Å². The first-order valence-electron chi connectivity index (χ1n) is 13.7. The van der Waals surface area contributed by atoms with Gasteiger partial charge in [0.1, 0.15) is 18.3 Å². The maximum atomic E-state index is 14.2. The Kier molecular flexibility index (Phi) is 11.7. The van der Waals surface area contributed by atoms with Crippen molar-refractivity contribution < 1.29 is 22.7 Å². The zero-order valence-corrected chi connectivity index (χ0v) is 26.8. The van der Waals surface area contributed by atoms with Crippen molar-refractivity contribution in [2.75, 3.05) is 18.0 Å². The number of ether oxygens (including phenoxy) is 1. The summed E-state index contributed by atoms with van der Waals surface area (Å²) >= 11 is 12.6. The molecule has 0 saturated carbocycles. The molecule has 0 aliphatic rings. The Morgan fingerprint density at radius 2 is 1.60 bits per heavy atom. The average molecular weight is 635 g/mol. The van der Waals surface area contributed by atoms with E-state index < -0.39 is 28.5 Å². The summed E-state index contributed by atoms with van der Waals surface area (Å²) in [6.45, 7) is 6.95. The molecule has 2 amide bonds. The second kappa shape index (κ2) is 14.8. The van der Waals surface area contributed by atoms with Gasteiger partial charge in [-0.05, 0) is 80.8 Å². The molecular weight excluding hydrogens is 597 g/mol. The SMILES string of the molecule is CC[C@@H](C)NC(=O)[C@H](CC)N(Cc1ccc(Cl)cc1Cl)C(=O)CN(c1ccc(C)cc1)S(=O)(=O)c1ccc(OC)cc1. The summed E-state index contributed by atoms with van der Waals surface area (Å²) in [6.07, 6.45) is 1.01. The number of methoxy groups -OCH3 is 1. The van der Waals surface area contributed by atoms with Crippen LogP contribution in [0.4, 0.5) is 5.69 Å². The molecule has 0 aromatic heterocycles. The van der Waals surface area contributed by atoms with Gasteiger partial charge in [-0.1, -0.05) is 60.8 Å². The number of hydrogen-bond acceptors (Lipinski definition) is 5. The van der Waals surface area contributed by atoms with Crippen molar-refractivity contribution in [3.8, 4) is 5.75 Å². The van der Waals surface area contributed by atoms with E-state index in [4.69, 9.17) is 27.9 Å². The lowest BCUT2D eigenvalue weighted by molar-refractivity contribution is -0.140. The number of anilines is 1. The number of aryl methyl sites for hydroxylation is 1. The number of sulfonamides is 1. The highest BCUT2D eigenvalue weighted by atomic mass is 35.5. The maximum Gasteiger partial charge on any atom is 0.264 e. The molecular formula is C31H37Cl2N3O5S. The fourth-order valence-corrected chi connectivity index (χ4v) is 6.19. The Morgan fingerprint density at radius 1 is 0.952 bits per heavy atom. The molecule has 0 heterocycles. The van der Waals surface area contributed by atoms with Gasteiger partial charge in [0.25, 0.3) is 10.0 Å². The first-order valence-corrected chi connectivity index (χ1v) is 15.9. The minimum absolute atomic E-state index is 0.00877. The molecule has 0 saturated heterocycles. The molecule has 1 N–H and O–H groups in total. The summed E-state index contributed by atoms with van der Waals surface area (Å²) in [5.74, 6) is -0.397. The van der Waals surface area contributed by atoms with E-state index in [-0.39, 0.29) is 23.4 Å². The zero-order valence-electron chi connectivity index (χ0n) is 24.4. The predicted octanol–water partition coefficient (Wildman–Crippen LogP) is 6.23. The minimum atomic E-state index is -4.20. The van der Waals surface area contributed by atoms with Crippen molar-refractivity contribution in [1.82, 2.24) is 10.2 Å². The predicted molar refractivity (Wildman–Crippen MR) is 168 cm³/mol. The van der Waals surface area contributed by atoms with Crippen LogP contribution in [0.15, 0.2) is 71.6 Å². The van der Waals surface area contributed by atoms with Crippen LogP contribution in [0, 0.1) is 6.92 Å². The Balaban J connectivity index is 2.08. The minimum Gasteiger partial charge on any atom is -0.497 e. The van der Waals surface area contributed by atoms with Crippen molar-refractivity contribution in [3.63, 3.8) is 0 Å². The van der Waals surface area contributed by atoms with Crippen molar-refractivity contribution in [3.05, 3.63) is 87.9 Å². The van der Waals surface area contributed by atoms with Gasteiger partial charge < -0.3 is 15.0 Å². The number of carbonyl (C=O) groups is 2. The Hall–Kier alpha value is -3.27. The summed E-state index contributed by atoms with van der Waals surface area (Å²) in [7, 11) is -2.71. The molecule has 0 unspecified atom stereocenters. The van der Waals surface area contributed by atoms with Gasteiger partial charge in [0.05, 0.1) is 17.7 Å². The van der Waals surface area contributed by atoms with Gasteiger partial charge >= 0.3 is 0 Å². The molecule has 0 bridgehead atoms. The third-order valence-electron chi connectivity index (χ3n) is 6.99. The van der Waals surface area contributed by atoms with Gasteiger partial charge in [-0.2, -0.15) is 0 Å². The van der Waals surface area contributed by atoms with E-state index in [0.717, 1.165) is 9.87 Å². The molecule has 0 spiro atoms. The summed E-state index contributed by atoms with van der Waals surface area (Å²) in [5, 5.41) is 3.72. The topological polar surface area (TPSA) is 96.0 Å². The quantitative estimate of drug-likeness (QED) is 0.241. The van der Waals surface area contributed by atoms with Crippen LogP contribution in [0.5, 0.6) is 5.75 Å². The van der Waals surface area contributed by atoms with Gasteiger partial charge in [-0.3, -0.25) is 13.9 Å². The molecule has 3 rings (SSSR count). The summed E-state index contributed by atoms with van der Waals surface area (Å²) < 4.78 is 34.2. The van der Waals surface area contributed by atoms with Gasteiger partial charge in [0, 0.05) is 22.6 Å². The van der Waals surface area contributed by atoms with E-state index in [0.29, 0.717) is 39.9 Å². The average Bonchev–Trinajstić information content (AvgIpc) is 2.97. The number of rotatable bonds is 13. The molecule has 0 fully saturated rings. The Bertz CT molecular complexity index is 1480. The molecule has 3 aromatic carbocycles. The first kappa shape index (κ1) is 33.2. The van der Waals surface area contributed by atoms with Gasteiger partial charge in [-0.25, -0.2) is 8.42 Å². The summed E-state index contributed by atoms with van der Waals surface area (Å²) in [6, 6.07) is 16.7. The van der Waals surface area contributed by atoms with Crippen molar-refractivity contribution in [2.24, 2.45) is 0 Å². The Morgan fingerprint density at radius 3 is 2.14 bits per heavy atom. The normalized spacial score (nSPS) is 12.7. The van der Waals surface area contributed by atoms with Crippen LogP contribution >= 0.6 is 23.2 Å². The largest absolute Gasteiger partial charge is 0.497 e. The summed E-state index contributed by atoms with van der Waals surface area (Å²) in [4.78, 5) is 28.9. The highest BCUT2D eigenvalue weighted by Gasteiger charge is 2.34. The fraction of sp³-hybridized carbons (Fsp3) is 0.355. The lowest BCUT2D eigenvalue weighted by atomic mass is 10.1. The van der Waals surface area contributed by atoms with E-state index in [1.165, 1.54) is 24.1 Å².